The monoisotopic (exact) mass is 330 g/mol. The van der Waals surface area contributed by atoms with Crippen LogP contribution in [0.15, 0.2) is 54.9 Å². The minimum absolute atomic E-state index is 0.464. The van der Waals surface area contributed by atoms with Crippen molar-refractivity contribution in [3.05, 3.63) is 71.7 Å². The summed E-state index contributed by atoms with van der Waals surface area (Å²) in [5.41, 5.74) is 4.88. The van der Waals surface area contributed by atoms with E-state index in [4.69, 9.17) is 4.98 Å². The van der Waals surface area contributed by atoms with E-state index >= 15 is 0 Å². The van der Waals surface area contributed by atoms with E-state index in [-0.39, 0.29) is 0 Å². The Bertz CT molecular complexity index is 876. The quantitative estimate of drug-likeness (QED) is 0.732. The molecule has 1 aromatic carbocycles. The van der Waals surface area contributed by atoms with Crippen LogP contribution < -0.4 is 4.90 Å². The number of aryl methyl sites for hydroxylation is 2. The van der Waals surface area contributed by atoms with Crippen LogP contribution in [0.25, 0.3) is 11.4 Å². The van der Waals surface area contributed by atoms with Crippen molar-refractivity contribution in [2.24, 2.45) is 0 Å². The fourth-order valence-electron chi connectivity index (χ4n) is 3.55. The fraction of sp³-hybridized carbons (Fsp3) is 0.286. The first kappa shape index (κ1) is 15.8. The third-order valence-electron chi connectivity index (χ3n) is 4.99. The molecule has 1 atom stereocenters. The van der Waals surface area contributed by atoms with Gasteiger partial charge in [-0.1, -0.05) is 24.3 Å². The van der Waals surface area contributed by atoms with Crippen molar-refractivity contribution in [1.29, 1.82) is 0 Å². The summed E-state index contributed by atoms with van der Waals surface area (Å²) < 4.78 is 0. The van der Waals surface area contributed by atoms with Crippen LogP contribution >= 0.6 is 0 Å². The van der Waals surface area contributed by atoms with E-state index in [1.807, 2.05) is 25.3 Å². The average Bonchev–Trinajstić information content (AvgIpc) is 2.67. The molecule has 126 valence electrons. The number of nitrogens with zero attached hydrogens (tertiary/aromatic N) is 4. The third-order valence-corrected chi connectivity index (χ3v) is 4.99. The Morgan fingerprint density at radius 1 is 1.04 bits per heavy atom. The minimum atomic E-state index is 0.464. The Morgan fingerprint density at radius 2 is 1.88 bits per heavy atom. The molecule has 0 saturated carbocycles. The molecule has 0 fully saturated rings. The molecule has 0 amide bonds. The fourth-order valence-corrected chi connectivity index (χ4v) is 3.55. The second-order valence-electron chi connectivity index (χ2n) is 6.71. The van der Waals surface area contributed by atoms with Crippen molar-refractivity contribution >= 4 is 5.82 Å². The van der Waals surface area contributed by atoms with E-state index in [1.54, 1.807) is 6.20 Å². The second-order valence-corrected chi connectivity index (χ2v) is 6.71. The maximum Gasteiger partial charge on any atom is 0.163 e. The lowest BCUT2D eigenvalue weighted by atomic mass is 9.87. The molecule has 1 unspecified atom stereocenters. The van der Waals surface area contributed by atoms with Crippen molar-refractivity contribution in [2.75, 3.05) is 11.9 Å². The molecule has 25 heavy (non-hydrogen) atoms. The smallest absolute Gasteiger partial charge is 0.163 e. The molecule has 4 heteroatoms. The predicted molar refractivity (Wildman–Crippen MR) is 101 cm³/mol. The topological polar surface area (TPSA) is 41.9 Å². The van der Waals surface area contributed by atoms with Gasteiger partial charge in [0.15, 0.2) is 5.82 Å². The number of pyridine rings is 1. The molecular weight excluding hydrogens is 308 g/mol. The van der Waals surface area contributed by atoms with Crippen LogP contribution in [0, 0.1) is 6.92 Å². The molecule has 2 aromatic heterocycles. The standard InChI is InChI=1S/C21H22N4/c1-15-12-20(24-21(23-15)18-8-5-11-22-14-18)25(2)19-10-9-16-6-3-4-7-17(16)13-19/h3-8,11-12,14,19H,9-10,13H2,1-2H3. The van der Waals surface area contributed by atoms with Gasteiger partial charge in [0.05, 0.1) is 0 Å². The molecule has 1 aliphatic carbocycles. The summed E-state index contributed by atoms with van der Waals surface area (Å²) in [6.45, 7) is 2.02. The van der Waals surface area contributed by atoms with Crippen LogP contribution in [0.4, 0.5) is 5.82 Å². The van der Waals surface area contributed by atoms with E-state index in [2.05, 4.69) is 52.2 Å². The normalized spacial score (nSPS) is 16.3. The Morgan fingerprint density at radius 3 is 2.68 bits per heavy atom. The van der Waals surface area contributed by atoms with Gasteiger partial charge in [-0.2, -0.15) is 0 Å². The number of fused-ring (bicyclic) bond motifs is 1. The summed E-state index contributed by atoms with van der Waals surface area (Å²) in [5, 5.41) is 0. The largest absolute Gasteiger partial charge is 0.356 e. The summed E-state index contributed by atoms with van der Waals surface area (Å²) in [7, 11) is 2.15. The van der Waals surface area contributed by atoms with Crippen molar-refractivity contribution in [1.82, 2.24) is 15.0 Å². The number of benzene rings is 1. The van der Waals surface area contributed by atoms with Gasteiger partial charge in [0.2, 0.25) is 0 Å². The molecular formula is C21H22N4. The molecule has 0 N–H and O–H groups in total. The lowest BCUT2D eigenvalue weighted by Crippen LogP contribution is -2.37. The van der Waals surface area contributed by atoms with Crippen LogP contribution in [0.1, 0.15) is 23.2 Å². The molecule has 2 heterocycles. The second kappa shape index (κ2) is 6.63. The van der Waals surface area contributed by atoms with E-state index in [1.165, 1.54) is 11.1 Å². The zero-order valence-electron chi connectivity index (χ0n) is 14.7. The summed E-state index contributed by atoms with van der Waals surface area (Å²) in [6, 6.07) is 15.2. The predicted octanol–water partition coefficient (Wildman–Crippen LogP) is 3.84. The van der Waals surface area contributed by atoms with Gasteiger partial charge in [0.1, 0.15) is 5.82 Å². The maximum atomic E-state index is 4.81. The first-order valence-electron chi connectivity index (χ1n) is 8.76. The lowest BCUT2D eigenvalue weighted by molar-refractivity contribution is 0.544. The highest BCUT2D eigenvalue weighted by Gasteiger charge is 2.23. The highest BCUT2D eigenvalue weighted by molar-refractivity contribution is 5.57. The van der Waals surface area contributed by atoms with Gasteiger partial charge in [-0.3, -0.25) is 4.98 Å². The minimum Gasteiger partial charge on any atom is -0.356 e. The maximum absolute atomic E-state index is 4.81. The molecule has 3 aromatic rings. The van der Waals surface area contributed by atoms with E-state index in [0.29, 0.717) is 6.04 Å². The number of likely N-dealkylation sites (N-methyl/N-ethyl adjacent to an activating group) is 1. The van der Waals surface area contributed by atoms with E-state index in [9.17, 15) is 0 Å². The van der Waals surface area contributed by atoms with Crippen LogP contribution in [0.2, 0.25) is 0 Å². The zero-order chi connectivity index (χ0) is 17.2. The van der Waals surface area contributed by atoms with Crippen LogP contribution in [0.5, 0.6) is 0 Å². The number of anilines is 1. The van der Waals surface area contributed by atoms with E-state index in [0.717, 1.165) is 42.2 Å². The number of hydrogen-bond donors (Lipinski definition) is 0. The van der Waals surface area contributed by atoms with E-state index < -0.39 is 0 Å². The van der Waals surface area contributed by atoms with Crippen molar-refractivity contribution in [2.45, 2.75) is 32.2 Å². The SMILES string of the molecule is Cc1cc(N(C)C2CCc3ccccc3C2)nc(-c2cccnc2)n1. The van der Waals surface area contributed by atoms with Crippen LogP contribution in [0.3, 0.4) is 0 Å². The summed E-state index contributed by atoms with van der Waals surface area (Å²) >= 11 is 0. The van der Waals surface area contributed by atoms with Crippen LogP contribution in [-0.4, -0.2) is 28.0 Å². The molecule has 4 rings (SSSR count). The molecule has 0 radical (unpaired) electrons. The van der Waals surface area contributed by atoms with Crippen molar-refractivity contribution in [3.63, 3.8) is 0 Å². The average molecular weight is 330 g/mol. The van der Waals surface area contributed by atoms with Gasteiger partial charge in [-0.15, -0.1) is 0 Å². The summed E-state index contributed by atoms with van der Waals surface area (Å²) in [6.07, 6.45) is 6.93. The number of hydrogen-bond acceptors (Lipinski definition) is 4. The van der Waals surface area contributed by atoms with Crippen LogP contribution in [-0.2, 0) is 12.8 Å². The third kappa shape index (κ3) is 3.25. The van der Waals surface area contributed by atoms with Gasteiger partial charge in [0, 0.05) is 42.8 Å². The Kier molecular flexibility index (Phi) is 4.18. The first-order chi connectivity index (χ1) is 12.2. The van der Waals surface area contributed by atoms with Gasteiger partial charge in [0.25, 0.3) is 0 Å². The van der Waals surface area contributed by atoms with Crippen molar-refractivity contribution < 1.29 is 0 Å². The molecule has 1 aliphatic rings. The lowest BCUT2D eigenvalue weighted by Gasteiger charge is -2.33. The zero-order valence-corrected chi connectivity index (χ0v) is 14.7. The molecule has 0 aliphatic heterocycles. The van der Waals surface area contributed by atoms with Gasteiger partial charge in [-0.05, 0) is 49.4 Å². The Balaban J connectivity index is 1.63. The highest BCUT2D eigenvalue weighted by Crippen LogP contribution is 2.27. The number of rotatable bonds is 3. The summed E-state index contributed by atoms with van der Waals surface area (Å²) in [4.78, 5) is 15.9. The molecule has 0 saturated heterocycles. The number of aromatic nitrogens is 3. The van der Waals surface area contributed by atoms with Gasteiger partial charge < -0.3 is 4.90 Å². The molecule has 4 nitrogen and oxygen atoms in total. The summed E-state index contributed by atoms with van der Waals surface area (Å²) in [5.74, 6) is 1.72. The molecule has 0 spiro atoms. The Labute approximate surface area is 148 Å². The Hall–Kier alpha value is -2.75. The highest BCUT2D eigenvalue weighted by atomic mass is 15.2. The van der Waals surface area contributed by atoms with Crippen molar-refractivity contribution in [3.8, 4) is 11.4 Å². The first-order valence-corrected chi connectivity index (χ1v) is 8.76. The molecule has 0 bridgehead atoms. The van der Waals surface area contributed by atoms with Gasteiger partial charge in [-0.25, -0.2) is 9.97 Å². The van der Waals surface area contributed by atoms with Gasteiger partial charge >= 0.3 is 0 Å².